The average molecular weight is 155 g/mol. The summed E-state index contributed by atoms with van der Waals surface area (Å²) in [6, 6.07) is 7.44. The third-order valence-electron chi connectivity index (χ3n) is 1.73. The molecule has 0 aliphatic carbocycles. The van der Waals surface area contributed by atoms with Crippen LogP contribution >= 0.6 is 0 Å². The molecule has 58 valence electrons. The summed E-state index contributed by atoms with van der Waals surface area (Å²) in [5.74, 6) is 2.54. The fourth-order valence-corrected chi connectivity index (χ4v) is 0.963. The van der Waals surface area contributed by atoms with Crippen LogP contribution in [-0.2, 0) is 0 Å². The Morgan fingerprint density at radius 1 is 1.58 bits per heavy atom. The molecule has 0 amide bonds. The summed E-state index contributed by atoms with van der Waals surface area (Å²) in [7, 11) is 0. The molecule has 0 aromatic heterocycles. The van der Waals surface area contributed by atoms with Crippen molar-refractivity contribution in [3.63, 3.8) is 0 Å². The average Bonchev–Trinajstić information content (AvgIpc) is 2.17. The number of terminal acetylenes is 1. The summed E-state index contributed by atoms with van der Waals surface area (Å²) in [5, 5.41) is 0. The van der Waals surface area contributed by atoms with Crippen molar-refractivity contribution in [1.29, 1.82) is 0 Å². The van der Waals surface area contributed by atoms with Crippen LogP contribution in [0.15, 0.2) is 24.3 Å². The molecule has 1 atom stereocenters. The molecule has 0 saturated heterocycles. The highest BCUT2D eigenvalue weighted by Gasteiger charge is 2.06. The van der Waals surface area contributed by atoms with Gasteiger partial charge in [0.05, 0.1) is 0 Å². The third kappa shape index (κ3) is 1.65. The lowest BCUT2D eigenvalue weighted by Gasteiger charge is -1.98. The quantitative estimate of drug-likeness (QED) is 0.434. The smallest absolute Gasteiger partial charge is 0.246 e. The highest BCUT2D eigenvalue weighted by molar-refractivity contribution is 5.36. The molecule has 0 heterocycles. The van der Waals surface area contributed by atoms with Crippen molar-refractivity contribution >= 4 is 0 Å². The van der Waals surface area contributed by atoms with Crippen LogP contribution in [0.4, 0.5) is 0 Å². The van der Waals surface area contributed by atoms with E-state index in [1.807, 2.05) is 31.2 Å². The predicted molar refractivity (Wildman–Crippen MR) is 49.4 cm³/mol. The summed E-state index contributed by atoms with van der Waals surface area (Å²) in [5.41, 5.74) is 1.82. The second-order valence-electron chi connectivity index (χ2n) is 2.57. The van der Waals surface area contributed by atoms with Gasteiger partial charge in [0.1, 0.15) is 0 Å². The van der Waals surface area contributed by atoms with E-state index < -0.39 is 0 Å². The van der Waals surface area contributed by atoms with E-state index in [0.717, 1.165) is 11.1 Å². The van der Waals surface area contributed by atoms with Gasteiger partial charge in [-0.2, -0.15) is 0 Å². The second kappa shape index (κ2) is 3.60. The summed E-state index contributed by atoms with van der Waals surface area (Å²) in [6.45, 7) is 8.71. The first-order chi connectivity index (χ1) is 5.77. The zero-order valence-corrected chi connectivity index (χ0v) is 6.91. The van der Waals surface area contributed by atoms with E-state index >= 15 is 0 Å². The molecule has 0 fully saturated rings. The van der Waals surface area contributed by atoms with Gasteiger partial charge in [-0.3, -0.25) is 0 Å². The van der Waals surface area contributed by atoms with Crippen molar-refractivity contribution in [2.24, 2.45) is 0 Å². The third-order valence-corrected chi connectivity index (χ3v) is 1.73. The maximum Gasteiger partial charge on any atom is 0.246 e. The summed E-state index contributed by atoms with van der Waals surface area (Å²) in [6.07, 6.45) is 5.23. The van der Waals surface area contributed by atoms with Crippen LogP contribution in [0.5, 0.6) is 0 Å². The van der Waals surface area contributed by atoms with Gasteiger partial charge >= 0.3 is 0 Å². The largest absolute Gasteiger partial charge is 0.309 e. The van der Waals surface area contributed by atoms with E-state index in [1.54, 1.807) is 0 Å². The van der Waals surface area contributed by atoms with Gasteiger partial charge in [-0.15, -0.1) is 6.42 Å². The van der Waals surface area contributed by atoms with Crippen molar-refractivity contribution in [1.82, 2.24) is 0 Å². The van der Waals surface area contributed by atoms with E-state index in [9.17, 15) is 0 Å². The van der Waals surface area contributed by atoms with Crippen LogP contribution in [-0.4, -0.2) is 0 Å². The number of hydrogen-bond acceptors (Lipinski definition) is 0. The Kier molecular flexibility index (Phi) is 2.51. The Morgan fingerprint density at radius 2 is 2.33 bits per heavy atom. The maximum atomic E-state index is 6.85. The first-order valence-corrected chi connectivity index (χ1v) is 3.71. The first kappa shape index (κ1) is 8.37. The Morgan fingerprint density at radius 3 is 2.92 bits per heavy atom. The Balaban J connectivity index is 3.05. The van der Waals surface area contributed by atoms with Crippen molar-refractivity contribution in [2.45, 2.75) is 13.0 Å². The minimum Gasteiger partial charge on any atom is -0.309 e. The van der Waals surface area contributed by atoms with Crippen molar-refractivity contribution < 1.29 is 0 Å². The van der Waals surface area contributed by atoms with Gasteiger partial charge in [0, 0.05) is 18.1 Å². The SMILES string of the molecule is [C-]#[N+]C(C)c1cccc(C#C)c1. The summed E-state index contributed by atoms with van der Waals surface area (Å²) >= 11 is 0. The van der Waals surface area contributed by atoms with Crippen molar-refractivity contribution in [2.75, 3.05) is 0 Å². The molecular weight excluding hydrogens is 146 g/mol. The molecule has 1 aromatic carbocycles. The molecule has 0 bridgehead atoms. The van der Waals surface area contributed by atoms with E-state index in [1.165, 1.54) is 0 Å². The molecule has 0 saturated carbocycles. The lowest BCUT2D eigenvalue weighted by Crippen LogP contribution is -1.87. The predicted octanol–water partition coefficient (Wildman–Crippen LogP) is 2.65. The highest BCUT2D eigenvalue weighted by atomic mass is 14.7. The zero-order chi connectivity index (χ0) is 8.97. The zero-order valence-electron chi connectivity index (χ0n) is 6.91. The highest BCUT2D eigenvalue weighted by Crippen LogP contribution is 2.16. The van der Waals surface area contributed by atoms with E-state index in [2.05, 4.69) is 10.8 Å². The molecule has 1 heteroatoms. The molecule has 1 rings (SSSR count). The van der Waals surface area contributed by atoms with Crippen LogP contribution < -0.4 is 0 Å². The summed E-state index contributed by atoms with van der Waals surface area (Å²) < 4.78 is 0. The maximum absolute atomic E-state index is 6.85. The molecule has 1 aromatic rings. The van der Waals surface area contributed by atoms with Crippen molar-refractivity contribution in [3.8, 4) is 12.3 Å². The number of nitrogens with zero attached hydrogens (tertiary/aromatic N) is 1. The minimum absolute atomic E-state index is 0.0988. The molecule has 1 unspecified atom stereocenters. The van der Waals surface area contributed by atoms with Gasteiger partial charge < -0.3 is 4.85 Å². The molecule has 0 N–H and O–H groups in total. The van der Waals surface area contributed by atoms with E-state index in [4.69, 9.17) is 13.0 Å². The van der Waals surface area contributed by atoms with Gasteiger partial charge in [0.2, 0.25) is 6.04 Å². The normalized spacial score (nSPS) is 11.2. The Labute approximate surface area is 72.9 Å². The van der Waals surface area contributed by atoms with Crippen LogP contribution in [0.25, 0.3) is 4.85 Å². The van der Waals surface area contributed by atoms with Crippen LogP contribution in [0.3, 0.4) is 0 Å². The molecule has 0 spiro atoms. The minimum atomic E-state index is -0.0988. The standard InChI is InChI=1S/C11H9N/c1-4-10-6-5-7-11(8-10)9(2)12-3/h1,5-9H,2H3. The Bertz CT molecular complexity index is 352. The Hall–Kier alpha value is -1.73. The topological polar surface area (TPSA) is 4.36 Å². The van der Waals surface area contributed by atoms with Gasteiger partial charge in [0.15, 0.2) is 0 Å². The molecular formula is C11H9N. The molecule has 0 aliphatic heterocycles. The van der Waals surface area contributed by atoms with Crippen LogP contribution in [0.1, 0.15) is 24.1 Å². The van der Waals surface area contributed by atoms with E-state index in [0.29, 0.717) is 0 Å². The van der Waals surface area contributed by atoms with E-state index in [-0.39, 0.29) is 6.04 Å². The lowest BCUT2D eigenvalue weighted by atomic mass is 10.1. The number of benzene rings is 1. The lowest BCUT2D eigenvalue weighted by molar-refractivity contribution is 0.961. The number of rotatable bonds is 1. The molecule has 0 aliphatic rings. The molecule has 12 heavy (non-hydrogen) atoms. The fraction of sp³-hybridized carbons (Fsp3) is 0.182. The van der Waals surface area contributed by atoms with Crippen LogP contribution in [0.2, 0.25) is 0 Å². The first-order valence-electron chi connectivity index (χ1n) is 3.71. The van der Waals surface area contributed by atoms with Crippen LogP contribution in [0, 0.1) is 18.9 Å². The number of hydrogen-bond donors (Lipinski definition) is 0. The second-order valence-corrected chi connectivity index (χ2v) is 2.57. The van der Waals surface area contributed by atoms with Gasteiger partial charge in [-0.25, -0.2) is 6.57 Å². The molecule has 1 nitrogen and oxygen atoms in total. The van der Waals surface area contributed by atoms with Crippen molar-refractivity contribution in [3.05, 3.63) is 46.8 Å². The van der Waals surface area contributed by atoms with Gasteiger partial charge in [-0.1, -0.05) is 18.1 Å². The van der Waals surface area contributed by atoms with Gasteiger partial charge in [-0.05, 0) is 12.1 Å². The fourth-order valence-electron chi connectivity index (χ4n) is 0.963. The van der Waals surface area contributed by atoms with Gasteiger partial charge in [0.25, 0.3) is 0 Å². The molecule has 0 radical (unpaired) electrons. The summed E-state index contributed by atoms with van der Waals surface area (Å²) in [4.78, 5) is 3.42. The monoisotopic (exact) mass is 155 g/mol.